The monoisotopic (exact) mass is 297 g/mol. The van der Waals surface area contributed by atoms with E-state index in [1.165, 1.54) is 45.4 Å². The lowest BCUT2D eigenvalue weighted by Gasteiger charge is -2.33. The van der Waals surface area contributed by atoms with E-state index in [4.69, 9.17) is 4.42 Å². The Kier molecular flexibility index (Phi) is 3.72. The van der Waals surface area contributed by atoms with Gasteiger partial charge in [-0.15, -0.1) is 0 Å². The van der Waals surface area contributed by atoms with Crippen molar-refractivity contribution < 1.29 is 4.42 Å². The Morgan fingerprint density at radius 3 is 2.77 bits per heavy atom. The van der Waals surface area contributed by atoms with Crippen LogP contribution in [0.15, 0.2) is 41.0 Å². The van der Waals surface area contributed by atoms with E-state index < -0.39 is 0 Å². The highest BCUT2D eigenvalue weighted by Gasteiger charge is 2.38. The molecule has 0 saturated carbocycles. The normalized spacial score (nSPS) is 21.5. The first kappa shape index (κ1) is 14.0. The fourth-order valence-corrected chi connectivity index (χ4v) is 3.85. The molecular weight excluding hydrogens is 274 g/mol. The number of nitrogens with zero attached hydrogens (tertiary/aromatic N) is 2. The molecule has 0 aliphatic carbocycles. The van der Waals surface area contributed by atoms with E-state index in [-0.39, 0.29) is 0 Å². The van der Waals surface area contributed by atoms with Gasteiger partial charge in [0.05, 0.1) is 5.69 Å². The molecule has 4 heteroatoms. The van der Waals surface area contributed by atoms with E-state index in [0.717, 1.165) is 23.7 Å². The molecular formula is C18H23N3O. The minimum Gasteiger partial charge on any atom is -0.444 e. The van der Waals surface area contributed by atoms with E-state index >= 15 is 0 Å². The minimum atomic E-state index is 0.553. The van der Waals surface area contributed by atoms with Crippen molar-refractivity contribution in [1.82, 2.24) is 15.2 Å². The van der Waals surface area contributed by atoms with E-state index in [0.29, 0.717) is 5.41 Å². The quantitative estimate of drug-likeness (QED) is 0.946. The zero-order valence-corrected chi connectivity index (χ0v) is 12.9. The van der Waals surface area contributed by atoms with Crippen molar-refractivity contribution in [3.05, 3.63) is 42.3 Å². The van der Waals surface area contributed by atoms with Crippen LogP contribution in [0.1, 0.15) is 25.0 Å². The molecule has 2 aliphatic heterocycles. The van der Waals surface area contributed by atoms with Gasteiger partial charge in [0.2, 0.25) is 5.89 Å². The standard InChI is InChI=1S/C18H23N3O/c1-2-4-15(5-3-1)17-20-16(13-22-17)12-21-11-8-18(14-21)6-9-19-10-7-18/h1-5,13,19H,6-12,14H2. The molecule has 4 rings (SSSR count). The van der Waals surface area contributed by atoms with Gasteiger partial charge < -0.3 is 9.73 Å². The van der Waals surface area contributed by atoms with Crippen molar-refractivity contribution in [2.24, 2.45) is 5.41 Å². The summed E-state index contributed by atoms with van der Waals surface area (Å²) in [6.07, 6.45) is 5.78. The van der Waals surface area contributed by atoms with Crippen LogP contribution in [0.25, 0.3) is 11.5 Å². The summed E-state index contributed by atoms with van der Waals surface area (Å²) in [4.78, 5) is 7.20. The Bertz CT molecular complexity index is 616. The van der Waals surface area contributed by atoms with Gasteiger partial charge in [0.25, 0.3) is 0 Å². The van der Waals surface area contributed by atoms with E-state index in [1.807, 2.05) is 36.6 Å². The maximum atomic E-state index is 5.65. The zero-order chi connectivity index (χ0) is 14.8. The summed E-state index contributed by atoms with van der Waals surface area (Å²) in [6.45, 7) is 5.66. The molecule has 0 amide bonds. The molecule has 2 aliphatic rings. The van der Waals surface area contributed by atoms with Crippen molar-refractivity contribution >= 4 is 0 Å². The Balaban J connectivity index is 1.41. The molecule has 0 unspecified atom stereocenters. The number of hydrogen-bond acceptors (Lipinski definition) is 4. The molecule has 4 nitrogen and oxygen atoms in total. The summed E-state index contributed by atoms with van der Waals surface area (Å²) < 4.78 is 5.65. The van der Waals surface area contributed by atoms with Crippen LogP contribution in [-0.4, -0.2) is 36.1 Å². The number of piperidine rings is 1. The molecule has 2 fully saturated rings. The summed E-state index contributed by atoms with van der Waals surface area (Å²) >= 11 is 0. The molecule has 0 bridgehead atoms. The molecule has 2 aromatic rings. The van der Waals surface area contributed by atoms with Crippen LogP contribution in [-0.2, 0) is 6.54 Å². The number of oxazole rings is 1. The molecule has 116 valence electrons. The summed E-state index contributed by atoms with van der Waals surface area (Å²) in [7, 11) is 0. The Morgan fingerprint density at radius 1 is 1.14 bits per heavy atom. The van der Waals surface area contributed by atoms with Gasteiger partial charge in [-0.3, -0.25) is 4.90 Å². The molecule has 3 heterocycles. The second-order valence-corrected chi connectivity index (χ2v) is 6.72. The summed E-state index contributed by atoms with van der Waals surface area (Å²) in [5.41, 5.74) is 2.65. The summed E-state index contributed by atoms with van der Waals surface area (Å²) in [6, 6.07) is 10.1. The lowest BCUT2D eigenvalue weighted by Crippen LogP contribution is -2.38. The fraction of sp³-hybridized carbons (Fsp3) is 0.500. The van der Waals surface area contributed by atoms with Gasteiger partial charge >= 0.3 is 0 Å². The Hall–Kier alpha value is -1.65. The highest BCUT2D eigenvalue weighted by atomic mass is 16.3. The maximum absolute atomic E-state index is 5.65. The number of nitrogens with one attached hydrogen (secondary N) is 1. The fourth-order valence-electron chi connectivity index (χ4n) is 3.85. The number of hydrogen-bond donors (Lipinski definition) is 1. The molecule has 2 saturated heterocycles. The maximum Gasteiger partial charge on any atom is 0.226 e. The average molecular weight is 297 g/mol. The Morgan fingerprint density at radius 2 is 1.95 bits per heavy atom. The third-order valence-electron chi connectivity index (χ3n) is 5.14. The van der Waals surface area contributed by atoms with Gasteiger partial charge in [-0.05, 0) is 56.4 Å². The lowest BCUT2D eigenvalue weighted by atomic mass is 9.78. The van der Waals surface area contributed by atoms with Crippen molar-refractivity contribution in [2.45, 2.75) is 25.8 Å². The van der Waals surface area contributed by atoms with E-state index in [1.54, 1.807) is 0 Å². The van der Waals surface area contributed by atoms with Crippen LogP contribution in [0, 0.1) is 5.41 Å². The van der Waals surface area contributed by atoms with Crippen LogP contribution in [0.5, 0.6) is 0 Å². The predicted octanol–water partition coefficient (Wildman–Crippen LogP) is 2.92. The van der Waals surface area contributed by atoms with Crippen LogP contribution in [0.4, 0.5) is 0 Å². The highest BCUT2D eigenvalue weighted by molar-refractivity contribution is 5.52. The minimum absolute atomic E-state index is 0.553. The second kappa shape index (κ2) is 5.86. The predicted molar refractivity (Wildman–Crippen MR) is 86.4 cm³/mol. The largest absolute Gasteiger partial charge is 0.444 e. The van der Waals surface area contributed by atoms with Gasteiger partial charge in [0, 0.05) is 18.7 Å². The first-order chi connectivity index (χ1) is 10.8. The van der Waals surface area contributed by atoms with Gasteiger partial charge in [-0.25, -0.2) is 4.98 Å². The van der Waals surface area contributed by atoms with Gasteiger partial charge in [0.15, 0.2) is 0 Å². The molecule has 0 atom stereocenters. The first-order valence-electron chi connectivity index (χ1n) is 8.26. The molecule has 22 heavy (non-hydrogen) atoms. The van der Waals surface area contributed by atoms with Crippen LogP contribution in [0.2, 0.25) is 0 Å². The third-order valence-corrected chi connectivity index (χ3v) is 5.14. The first-order valence-corrected chi connectivity index (χ1v) is 8.26. The van der Waals surface area contributed by atoms with Crippen LogP contribution < -0.4 is 5.32 Å². The summed E-state index contributed by atoms with van der Waals surface area (Å²) in [5, 5.41) is 3.48. The summed E-state index contributed by atoms with van der Waals surface area (Å²) in [5.74, 6) is 0.728. The zero-order valence-electron chi connectivity index (χ0n) is 12.9. The van der Waals surface area contributed by atoms with Gasteiger partial charge in [0.1, 0.15) is 6.26 Å². The van der Waals surface area contributed by atoms with Gasteiger partial charge in [-0.2, -0.15) is 0 Å². The molecule has 0 radical (unpaired) electrons. The lowest BCUT2D eigenvalue weighted by molar-refractivity contribution is 0.193. The van der Waals surface area contributed by atoms with Crippen molar-refractivity contribution in [3.63, 3.8) is 0 Å². The molecule has 1 aromatic carbocycles. The molecule has 1 N–H and O–H groups in total. The average Bonchev–Trinajstić information content (AvgIpc) is 3.17. The second-order valence-electron chi connectivity index (χ2n) is 6.72. The SMILES string of the molecule is c1ccc(-c2nc(CN3CCC4(CCNCC4)C3)co2)cc1. The molecule has 1 aromatic heterocycles. The topological polar surface area (TPSA) is 41.3 Å². The van der Waals surface area contributed by atoms with Crippen molar-refractivity contribution in [2.75, 3.05) is 26.2 Å². The van der Waals surface area contributed by atoms with E-state index in [9.17, 15) is 0 Å². The highest BCUT2D eigenvalue weighted by Crippen LogP contribution is 2.39. The number of benzene rings is 1. The number of likely N-dealkylation sites (tertiary alicyclic amines) is 1. The van der Waals surface area contributed by atoms with Crippen molar-refractivity contribution in [3.8, 4) is 11.5 Å². The van der Waals surface area contributed by atoms with Crippen molar-refractivity contribution in [1.29, 1.82) is 0 Å². The van der Waals surface area contributed by atoms with E-state index in [2.05, 4.69) is 15.2 Å². The third kappa shape index (κ3) is 2.81. The number of aromatic nitrogens is 1. The molecule has 1 spiro atoms. The number of rotatable bonds is 3. The van der Waals surface area contributed by atoms with Crippen LogP contribution in [0.3, 0.4) is 0 Å². The Labute approximate surface area is 131 Å². The smallest absolute Gasteiger partial charge is 0.226 e. The van der Waals surface area contributed by atoms with Crippen LogP contribution >= 0.6 is 0 Å². The van der Waals surface area contributed by atoms with Gasteiger partial charge in [-0.1, -0.05) is 18.2 Å².